The fourth-order valence-corrected chi connectivity index (χ4v) is 3.26. The van der Waals surface area contributed by atoms with Crippen molar-refractivity contribution in [3.05, 3.63) is 47.8 Å². The summed E-state index contributed by atoms with van der Waals surface area (Å²) in [5.74, 6) is 0.632. The van der Waals surface area contributed by atoms with Crippen LogP contribution in [0, 0.1) is 0 Å². The first-order valence-electron chi connectivity index (χ1n) is 9.44. The van der Waals surface area contributed by atoms with E-state index in [1.807, 2.05) is 36.3 Å². The van der Waals surface area contributed by atoms with Crippen molar-refractivity contribution >= 4 is 23.5 Å². The highest BCUT2D eigenvalue weighted by Crippen LogP contribution is 2.16. The molecule has 2 heterocycles. The van der Waals surface area contributed by atoms with Gasteiger partial charge in [0.25, 0.3) is 5.91 Å². The standard InChI is InChI=1S/C20H27N7O2/c1-21-20(22-11-15-6-5-7-16(10-15)19(29)24(2)3)26-8-9-27(18(28)14-26)17-12-23-25(4)13-17/h5-7,10,12-13H,8-9,11,14H2,1-4H3,(H,21,22). The number of piperazine rings is 1. The van der Waals surface area contributed by atoms with Gasteiger partial charge in [-0.15, -0.1) is 0 Å². The molecular weight excluding hydrogens is 370 g/mol. The fourth-order valence-electron chi connectivity index (χ4n) is 3.26. The molecule has 1 aliphatic heterocycles. The molecule has 3 rings (SSSR count). The van der Waals surface area contributed by atoms with Gasteiger partial charge in [-0.05, 0) is 17.7 Å². The molecule has 1 N–H and O–H groups in total. The molecule has 0 saturated carbocycles. The van der Waals surface area contributed by atoms with E-state index in [1.54, 1.807) is 47.9 Å². The maximum absolute atomic E-state index is 12.6. The fraction of sp³-hybridized carbons (Fsp3) is 0.400. The van der Waals surface area contributed by atoms with E-state index in [-0.39, 0.29) is 18.4 Å². The molecule has 0 unspecified atom stereocenters. The number of amides is 2. The average Bonchev–Trinajstić information content (AvgIpc) is 3.14. The number of aliphatic imine (C=N–C) groups is 1. The van der Waals surface area contributed by atoms with Crippen LogP contribution in [0.3, 0.4) is 0 Å². The number of carbonyl (C=O) groups is 2. The smallest absolute Gasteiger partial charge is 0.253 e. The van der Waals surface area contributed by atoms with Gasteiger partial charge in [0.05, 0.1) is 11.9 Å². The van der Waals surface area contributed by atoms with Gasteiger partial charge in [0, 0.05) is 59.6 Å². The molecule has 1 aromatic carbocycles. The highest BCUT2D eigenvalue weighted by Gasteiger charge is 2.27. The van der Waals surface area contributed by atoms with Crippen molar-refractivity contribution in [3.63, 3.8) is 0 Å². The Morgan fingerprint density at radius 1 is 1.31 bits per heavy atom. The SMILES string of the molecule is CN=C(NCc1cccc(C(=O)N(C)C)c1)N1CCN(c2cnn(C)c2)C(=O)C1. The van der Waals surface area contributed by atoms with Crippen LogP contribution in [0.4, 0.5) is 5.69 Å². The molecule has 0 atom stereocenters. The summed E-state index contributed by atoms with van der Waals surface area (Å²) in [7, 11) is 7.00. The van der Waals surface area contributed by atoms with Crippen molar-refractivity contribution in [2.45, 2.75) is 6.54 Å². The topological polar surface area (TPSA) is 86.1 Å². The molecule has 0 bridgehead atoms. The second-order valence-electron chi connectivity index (χ2n) is 7.14. The van der Waals surface area contributed by atoms with E-state index in [0.717, 1.165) is 11.3 Å². The first kappa shape index (κ1) is 20.4. The van der Waals surface area contributed by atoms with Crippen molar-refractivity contribution in [1.82, 2.24) is 24.9 Å². The Morgan fingerprint density at radius 3 is 2.72 bits per heavy atom. The summed E-state index contributed by atoms with van der Waals surface area (Å²) in [4.78, 5) is 34.3. The number of nitrogens with zero attached hydrogens (tertiary/aromatic N) is 6. The van der Waals surface area contributed by atoms with E-state index in [1.165, 1.54) is 0 Å². The lowest BCUT2D eigenvalue weighted by Crippen LogP contribution is -2.55. The van der Waals surface area contributed by atoms with Crippen LogP contribution in [0.15, 0.2) is 41.7 Å². The van der Waals surface area contributed by atoms with Crippen molar-refractivity contribution < 1.29 is 9.59 Å². The molecule has 1 saturated heterocycles. The van der Waals surface area contributed by atoms with Crippen molar-refractivity contribution in [2.75, 3.05) is 45.7 Å². The molecule has 0 spiro atoms. The number of nitrogens with one attached hydrogen (secondary N) is 1. The predicted molar refractivity (Wildman–Crippen MR) is 112 cm³/mol. The predicted octanol–water partition coefficient (Wildman–Crippen LogP) is 0.546. The molecule has 0 radical (unpaired) electrons. The van der Waals surface area contributed by atoms with Crippen molar-refractivity contribution in [2.24, 2.45) is 12.0 Å². The third-order valence-electron chi connectivity index (χ3n) is 4.77. The Morgan fingerprint density at radius 2 is 2.10 bits per heavy atom. The molecule has 1 aromatic heterocycles. The normalized spacial score (nSPS) is 14.9. The maximum atomic E-state index is 12.6. The van der Waals surface area contributed by atoms with Crippen LogP contribution in [0.2, 0.25) is 0 Å². The zero-order valence-corrected chi connectivity index (χ0v) is 17.3. The summed E-state index contributed by atoms with van der Waals surface area (Å²) in [6.45, 7) is 1.99. The summed E-state index contributed by atoms with van der Waals surface area (Å²) < 4.78 is 1.69. The zero-order valence-electron chi connectivity index (χ0n) is 17.3. The quantitative estimate of drug-likeness (QED) is 0.601. The number of benzene rings is 1. The molecule has 2 aromatic rings. The molecule has 9 heteroatoms. The minimum atomic E-state index is -0.0339. The van der Waals surface area contributed by atoms with Crippen LogP contribution in [-0.2, 0) is 18.4 Å². The maximum Gasteiger partial charge on any atom is 0.253 e. The summed E-state index contributed by atoms with van der Waals surface area (Å²) >= 11 is 0. The van der Waals surface area contributed by atoms with Crippen molar-refractivity contribution in [1.29, 1.82) is 0 Å². The van der Waals surface area contributed by atoms with Gasteiger partial charge in [-0.25, -0.2) is 0 Å². The van der Waals surface area contributed by atoms with Crippen LogP contribution in [0.1, 0.15) is 15.9 Å². The van der Waals surface area contributed by atoms with Gasteiger partial charge in [0.1, 0.15) is 6.54 Å². The van der Waals surface area contributed by atoms with Gasteiger partial charge in [0.2, 0.25) is 5.91 Å². The van der Waals surface area contributed by atoms with E-state index >= 15 is 0 Å². The largest absolute Gasteiger partial charge is 0.352 e. The number of rotatable bonds is 4. The molecule has 0 aliphatic carbocycles. The molecular formula is C20H27N7O2. The minimum absolute atomic E-state index is 0.00535. The zero-order chi connectivity index (χ0) is 21.0. The minimum Gasteiger partial charge on any atom is -0.352 e. The van der Waals surface area contributed by atoms with Crippen molar-refractivity contribution in [3.8, 4) is 0 Å². The number of hydrogen-bond donors (Lipinski definition) is 1. The van der Waals surface area contributed by atoms with Crippen LogP contribution < -0.4 is 10.2 Å². The number of anilines is 1. The summed E-state index contributed by atoms with van der Waals surface area (Å²) in [6, 6.07) is 7.50. The molecule has 1 aliphatic rings. The average molecular weight is 397 g/mol. The van der Waals surface area contributed by atoms with E-state index in [4.69, 9.17) is 0 Å². The van der Waals surface area contributed by atoms with Gasteiger partial charge in [-0.2, -0.15) is 5.10 Å². The van der Waals surface area contributed by atoms with Gasteiger partial charge in [-0.1, -0.05) is 12.1 Å². The van der Waals surface area contributed by atoms with E-state index < -0.39 is 0 Å². The molecule has 154 valence electrons. The number of aromatic nitrogens is 2. The van der Waals surface area contributed by atoms with E-state index in [2.05, 4.69) is 15.4 Å². The van der Waals surface area contributed by atoms with Gasteiger partial charge in [-0.3, -0.25) is 19.3 Å². The highest BCUT2D eigenvalue weighted by atomic mass is 16.2. The van der Waals surface area contributed by atoms with E-state index in [9.17, 15) is 9.59 Å². The third-order valence-corrected chi connectivity index (χ3v) is 4.77. The third kappa shape index (κ3) is 4.74. The molecule has 1 fully saturated rings. The Kier molecular flexibility index (Phi) is 6.16. The van der Waals surface area contributed by atoms with Crippen LogP contribution in [0.5, 0.6) is 0 Å². The Hall–Kier alpha value is -3.36. The van der Waals surface area contributed by atoms with Crippen LogP contribution in [0.25, 0.3) is 0 Å². The van der Waals surface area contributed by atoms with Gasteiger partial charge >= 0.3 is 0 Å². The number of carbonyl (C=O) groups excluding carboxylic acids is 2. The van der Waals surface area contributed by atoms with Gasteiger partial charge in [0.15, 0.2) is 5.96 Å². The van der Waals surface area contributed by atoms with E-state index in [0.29, 0.717) is 31.2 Å². The lowest BCUT2D eigenvalue weighted by molar-refractivity contribution is -0.120. The molecule has 9 nitrogen and oxygen atoms in total. The van der Waals surface area contributed by atoms with Gasteiger partial charge < -0.3 is 20.0 Å². The Labute approximate surface area is 170 Å². The Bertz CT molecular complexity index is 919. The second kappa shape index (κ2) is 8.76. The molecule has 29 heavy (non-hydrogen) atoms. The Balaban J connectivity index is 1.61. The first-order valence-corrected chi connectivity index (χ1v) is 9.44. The second-order valence-corrected chi connectivity index (χ2v) is 7.14. The molecule has 2 amide bonds. The lowest BCUT2D eigenvalue weighted by atomic mass is 10.1. The number of aryl methyl sites for hydroxylation is 1. The summed E-state index contributed by atoms with van der Waals surface area (Å²) in [5.41, 5.74) is 2.42. The monoisotopic (exact) mass is 397 g/mol. The lowest BCUT2D eigenvalue weighted by Gasteiger charge is -2.35. The highest BCUT2D eigenvalue weighted by molar-refractivity contribution is 5.98. The number of hydrogen-bond acceptors (Lipinski definition) is 4. The van der Waals surface area contributed by atoms with Crippen LogP contribution >= 0.6 is 0 Å². The summed E-state index contributed by atoms with van der Waals surface area (Å²) in [5, 5.41) is 7.43. The first-order chi connectivity index (χ1) is 13.9. The van der Waals surface area contributed by atoms with Crippen LogP contribution in [-0.4, -0.2) is 78.1 Å². The summed E-state index contributed by atoms with van der Waals surface area (Å²) in [6.07, 6.45) is 3.53. The number of guanidine groups is 1.